The van der Waals surface area contributed by atoms with Crippen LogP contribution in [0.15, 0.2) is 132 Å². The topological polar surface area (TPSA) is 108 Å². The number of ether oxygens (including phenoxy) is 2. The van der Waals surface area contributed by atoms with E-state index in [2.05, 4.69) is 9.62 Å². The highest BCUT2D eigenvalue weighted by Gasteiger charge is 2.37. The summed E-state index contributed by atoms with van der Waals surface area (Å²) < 4.78 is 41.8. The monoisotopic (exact) mass is 738 g/mol. The molecular weight excluding hydrogens is 696 g/mol. The van der Waals surface area contributed by atoms with Crippen molar-refractivity contribution in [3.8, 4) is 11.1 Å². The molecule has 5 aromatic carbocycles. The number of aliphatic hydroxyl groups is 2. The second kappa shape index (κ2) is 16.0. The van der Waals surface area contributed by atoms with Crippen LogP contribution in [0.2, 0.25) is 5.02 Å². The Labute approximate surface area is 310 Å². The first kappa shape index (κ1) is 36.5. The molecule has 2 heterocycles. The summed E-state index contributed by atoms with van der Waals surface area (Å²) in [6.45, 7) is 2.29. The van der Waals surface area contributed by atoms with Gasteiger partial charge in [0.2, 0.25) is 10.0 Å². The Morgan fingerprint density at radius 3 is 2.13 bits per heavy atom. The summed E-state index contributed by atoms with van der Waals surface area (Å²) >= 11 is 6.09. The SMILES string of the molecule is O=S(=O)(NCc1ccccc1-c1ccc(C2OC(CN3CCC(O)(c4ccc(Cl)cc4)CC3)CC(c3ccc(CO)cc3)O2)cc1)c1ccccc1. The second-order valence-corrected chi connectivity index (χ2v) is 15.8. The summed E-state index contributed by atoms with van der Waals surface area (Å²) in [6, 6.07) is 39.5. The average Bonchev–Trinajstić information content (AvgIpc) is 3.19. The van der Waals surface area contributed by atoms with Crippen LogP contribution in [0.4, 0.5) is 0 Å². The Bertz CT molecular complexity index is 2040. The quantitative estimate of drug-likeness (QED) is 0.129. The zero-order valence-corrected chi connectivity index (χ0v) is 30.3. The molecule has 270 valence electrons. The van der Waals surface area contributed by atoms with Gasteiger partial charge in [0.25, 0.3) is 0 Å². The fourth-order valence-electron chi connectivity index (χ4n) is 7.11. The summed E-state index contributed by atoms with van der Waals surface area (Å²) in [6.07, 6.45) is 0.941. The van der Waals surface area contributed by atoms with Crippen LogP contribution in [0.25, 0.3) is 11.1 Å². The van der Waals surface area contributed by atoms with Gasteiger partial charge < -0.3 is 24.6 Å². The van der Waals surface area contributed by atoms with E-state index < -0.39 is 21.9 Å². The number of likely N-dealkylation sites (tertiary alicyclic amines) is 1. The minimum absolute atomic E-state index is 0.0220. The zero-order chi connectivity index (χ0) is 36.1. The maximum absolute atomic E-state index is 12.9. The van der Waals surface area contributed by atoms with Gasteiger partial charge in [0.1, 0.15) is 0 Å². The van der Waals surface area contributed by atoms with E-state index in [0.717, 1.165) is 52.0 Å². The highest BCUT2D eigenvalue weighted by molar-refractivity contribution is 7.89. The van der Waals surface area contributed by atoms with Crippen LogP contribution in [-0.4, -0.2) is 49.3 Å². The molecule has 0 spiro atoms. The Balaban J connectivity index is 1.06. The number of rotatable bonds is 11. The van der Waals surface area contributed by atoms with Gasteiger partial charge >= 0.3 is 0 Å². The fourth-order valence-corrected chi connectivity index (χ4v) is 8.26. The Kier molecular flexibility index (Phi) is 11.2. The number of aliphatic hydroxyl groups excluding tert-OH is 1. The first-order valence-corrected chi connectivity index (χ1v) is 19.5. The first-order valence-electron chi connectivity index (χ1n) is 17.6. The van der Waals surface area contributed by atoms with Gasteiger partial charge in [-0.15, -0.1) is 0 Å². The molecule has 0 radical (unpaired) electrons. The van der Waals surface area contributed by atoms with E-state index in [1.54, 1.807) is 30.3 Å². The van der Waals surface area contributed by atoms with Crippen molar-refractivity contribution in [1.82, 2.24) is 9.62 Å². The molecule has 3 unspecified atom stereocenters. The number of nitrogens with one attached hydrogen (secondary N) is 1. The first-order chi connectivity index (χ1) is 25.2. The number of benzene rings is 5. The lowest BCUT2D eigenvalue weighted by Gasteiger charge is -2.42. The number of hydrogen-bond donors (Lipinski definition) is 3. The van der Waals surface area contributed by atoms with Crippen LogP contribution in [0.3, 0.4) is 0 Å². The van der Waals surface area contributed by atoms with E-state index in [-0.39, 0.29) is 30.3 Å². The van der Waals surface area contributed by atoms with Crippen molar-refractivity contribution in [2.24, 2.45) is 0 Å². The van der Waals surface area contributed by atoms with Crippen LogP contribution in [0, 0.1) is 0 Å². The standard InChI is InChI=1S/C42H43ClN2O6S/c43-36-20-18-35(19-21-36)42(47)22-24-45(25-23-42)28-37-26-40(32-12-10-30(29-46)11-13-32)51-41(50-37)33-16-14-31(15-17-33)39-9-5-4-6-34(39)27-44-52(48,49)38-7-2-1-3-8-38/h1-21,37,40-41,44,46-47H,22-29H2. The van der Waals surface area contributed by atoms with E-state index in [1.165, 1.54) is 0 Å². The van der Waals surface area contributed by atoms with E-state index in [9.17, 15) is 18.6 Å². The predicted octanol–water partition coefficient (Wildman–Crippen LogP) is 7.51. The fraction of sp³-hybridized carbons (Fsp3) is 0.286. The number of hydrogen-bond acceptors (Lipinski definition) is 7. The van der Waals surface area contributed by atoms with Crippen LogP contribution in [-0.2, 0) is 38.2 Å². The molecule has 8 nitrogen and oxygen atoms in total. The highest BCUT2D eigenvalue weighted by atomic mass is 35.5. The maximum atomic E-state index is 12.9. The molecular formula is C42H43ClN2O6S. The van der Waals surface area contributed by atoms with E-state index in [1.807, 2.05) is 97.1 Å². The molecule has 3 atom stereocenters. The normalized spacial score (nSPS) is 20.8. The second-order valence-electron chi connectivity index (χ2n) is 13.6. The van der Waals surface area contributed by atoms with Crippen molar-refractivity contribution >= 4 is 21.6 Å². The van der Waals surface area contributed by atoms with Crippen LogP contribution in [0.5, 0.6) is 0 Å². The van der Waals surface area contributed by atoms with E-state index >= 15 is 0 Å². The molecule has 2 aliphatic rings. The minimum Gasteiger partial charge on any atom is -0.392 e. The lowest BCUT2D eigenvalue weighted by molar-refractivity contribution is -0.253. The number of sulfonamides is 1. The van der Waals surface area contributed by atoms with Crippen molar-refractivity contribution in [2.45, 2.75) is 61.4 Å². The van der Waals surface area contributed by atoms with Gasteiger partial charge in [0.05, 0.1) is 29.3 Å². The zero-order valence-electron chi connectivity index (χ0n) is 28.8. The third-order valence-electron chi connectivity index (χ3n) is 10.2. The molecule has 52 heavy (non-hydrogen) atoms. The highest BCUT2D eigenvalue weighted by Crippen LogP contribution is 2.40. The van der Waals surface area contributed by atoms with Gasteiger partial charge in [-0.25, -0.2) is 13.1 Å². The predicted molar refractivity (Wildman–Crippen MR) is 202 cm³/mol. The molecule has 0 saturated carbocycles. The Morgan fingerprint density at radius 1 is 0.788 bits per heavy atom. The third-order valence-corrected chi connectivity index (χ3v) is 11.8. The van der Waals surface area contributed by atoms with E-state index in [0.29, 0.717) is 30.8 Å². The van der Waals surface area contributed by atoms with Crippen LogP contribution in [0.1, 0.15) is 59.5 Å². The molecule has 2 aliphatic heterocycles. The van der Waals surface area contributed by atoms with Gasteiger partial charge in [-0.3, -0.25) is 0 Å². The summed E-state index contributed by atoms with van der Waals surface area (Å²) in [4.78, 5) is 2.58. The molecule has 7 rings (SSSR count). The van der Waals surface area contributed by atoms with Gasteiger partial charge in [0.15, 0.2) is 6.29 Å². The smallest absolute Gasteiger partial charge is 0.240 e. The molecule has 0 aromatic heterocycles. The Morgan fingerprint density at radius 2 is 1.44 bits per heavy atom. The van der Waals surface area contributed by atoms with Crippen molar-refractivity contribution in [3.63, 3.8) is 0 Å². The van der Waals surface area contributed by atoms with Gasteiger partial charge in [-0.05, 0) is 70.5 Å². The van der Waals surface area contributed by atoms with Crippen molar-refractivity contribution < 1.29 is 28.1 Å². The van der Waals surface area contributed by atoms with Crippen LogP contribution >= 0.6 is 11.6 Å². The summed E-state index contributed by atoms with van der Waals surface area (Å²) in [5, 5.41) is 21.7. The third kappa shape index (κ3) is 8.49. The summed E-state index contributed by atoms with van der Waals surface area (Å²) in [5.74, 6) is 0. The molecule has 0 aliphatic carbocycles. The number of piperidine rings is 1. The average molecular weight is 739 g/mol. The van der Waals surface area contributed by atoms with Gasteiger partial charge in [-0.2, -0.15) is 0 Å². The number of halogens is 1. The van der Waals surface area contributed by atoms with Crippen LogP contribution < -0.4 is 4.72 Å². The largest absolute Gasteiger partial charge is 0.392 e. The molecule has 0 bridgehead atoms. The lowest BCUT2D eigenvalue weighted by Crippen LogP contribution is -2.46. The van der Waals surface area contributed by atoms with E-state index in [4.69, 9.17) is 21.1 Å². The molecule has 5 aromatic rings. The molecule has 10 heteroatoms. The summed E-state index contributed by atoms with van der Waals surface area (Å²) in [5.41, 5.74) is 5.49. The van der Waals surface area contributed by atoms with Crippen molar-refractivity contribution in [2.75, 3.05) is 19.6 Å². The van der Waals surface area contributed by atoms with Crippen molar-refractivity contribution in [3.05, 3.63) is 160 Å². The minimum atomic E-state index is -3.66. The van der Waals surface area contributed by atoms with Gasteiger partial charge in [-0.1, -0.05) is 115 Å². The maximum Gasteiger partial charge on any atom is 0.240 e. The number of nitrogens with zero attached hydrogens (tertiary/aromatic N) is 1. The van der Waals surface area contributed by atoms with Crippen molar-refractivity contribution in [1.29, 1.82) is 0 Å². The molecule has 2 fully saturated rings. The lowest BCUT2D eigenvalue weighted by atomic mass is 9.84. The summed E-state index contributed by atoms with van der Waals surface area (Å²) in [7, 11) is -3.66. The molecule has 3 N–H and O–H groups in total. The molecule has 0 amide bonds. The van der Waals surface area contributed by atoms with Gasteiger partial charge in [0, 0.05) is 43.2 Å². The Hall–Kier alpha value is -3.90. The molecule has 2 saturated heterocycles.